The third kappa shape index (κ3) is 1.26. The molecule has 1 saturated carbocycles. The molecule has 13 heavy (non-hydrogen) atoms. The lowest BCUT2D eigenvalue weighted by molar-refractivity contribution is 0.0895. The maximum Gasteiger partial charge on any atom is 0.102 e. The van der Waals surface area contributed by atoms with Crippen molar-refractivity contribution >= 4 is 0 Å². The number of rotatable bonds is 3. The zero-order valence-corrected chi connectivity index (χ0v) is 7.77. The number of nitrogens with zero attached hydrogens (tertiary/aromatic N) is 2. The van der Waals surface area contributed by atoms with E-state index >= 15 is 0 Å². The zero-order chi connectivity index (χ0) is 9.47. The van der Waals surface area contributed by atoms with Gasteiger partial charge in [0.05, 0.1) is 5.69 Å². The van der Waals surface area contributed by atoms with Gasteiger partial charge < -0.3 is 10.8 Å². The second kappa shape index (κ2) is 2.82. The van der Waals surface area contributed by atoms with Crippen molar-refractivity contribution in [1.82, 2.24) is 9.78 Å². The first-order valence-electron chi connectivity index (χ1n) is 4.56. The van der Waals surface area contributed by atoms with Gasteiger partial charge in [0.1, 0.15) is 6.10 Å². The van der Waals surface area contributed by atoms with Crippen molar-refractivity contribution in [1.29, 1.82) is 0 Å². The lowest BCUT2D eigenvalue weighted by Crippen LogP contribution is -2.25. The number of aryl methyl sites for hydroxylation is 1. The van der Waals surface area contributed by atoms with Crippen LogP contribution in [0.4, 0.5) is 0 Å². The second-order valence-corrected chi connectivity index (χ2v) is 3.85. The Kier molecular flexibility index (Phi) is 1.89. The average Bonchev–Trinajstić information content (AvgIpc) is 2.83. The van der Waals surface area contributed by atoms with E-state index in [2.05, 4.69) is 5.10 Å². The van der Waals surface area contributed by atoms with Crippen molar-refractivity contribution in [3.8, 4) is 0 Å². The Bertz CT molecular complexity index is 304. The molecule has 2 rings (SSSR count). The summed E-state index contributed by atoms with van der Waals surface area (Å²) in [5, 5.41) is 14.1. The van der Waals surface area contributed by atoms with Gasteiger partial charge in [0.15, 0.2) is 0 Å². The summed E-state index contributed by atoms with van der Waals surface area (Å²) in [4.78, 5) is 0. The molecule has 1 aromatic heterocycles. The molecule has 1 aliphatic carbocycles. The molecular formula is C9H15N3O. The van der Waals surface area contributed by atoms with E-state index in [0.717, 1.165) is 18.5 Å². The Morgan fingerprint density at radius 3 is 2.85 bits per heavy atom. The molecule has 1 atom stereocenters. The number of aromatic nitrogens is 2. The first-order chi connectivity index (χ1) is 6.19. The Balaban J connectivity index is 2.22. The summed E-state index contributed by atoms with van der Waals surface area (Å²) in [5.41, 5.74) is 6.44. The van der Waals surface area contributed by atoms with E-state index in [9.17, 15) is 5.11 Å². The molecule has 0 aromatic carbocycles. The van der Waals surface area contributed by atoms with E-state index in [0.29, 0.717) is 6.54 Å². The largest absolute Gasteiger partial charge is 0.386 e. The molecule has 3 N–H and O–H groups in total. The molecule has 0 aliphatic heterocycles. The molecule has 1 unspecified atom stereocenters. The van der Waals surface area contributed by atoms with Crippen molar-refractivity contribution in [2.24, 2.45) is 18.2 Å². The third-order valence-corrected chi connectivity index (χ3v) is 3.02. The quantitative estimate of drug-likeness (QED) is 0.699. The zero-order valence-electron chi connectivity index (χ0n) is 7.77. The van der Waals surface area contributed by atoms with Crippen molar-refractivity contribution < 1.29 is 5.11 Å². The van der Waals surface area contributed by atoms with Crippen molar-refractivity contribution in [2.45, 2.75) is 18.9 Å². The summed E-state index contributed by atoms with van der Waals surface area (Å²) in [5.74, 6) is 0. The van der Waals surface area contributed by atoms with Gasteiger partial charge in [-0.3, -0.25) is 4.68 Å². The fraction of sp³-hybridized carbons (Fsp3) is 0.667. The summed E-state index contributed by atoms with van der Waals surface area (Å²) >= 11 is 0. The van der Waals surface area contributed by atoms with Crippen LogP contribution in [0.2, 0.25) is 0 Å². The van der Waals surface area contributed by atoms with Crippen LogP contribution in [0.1, 0.15) is 24.6 Å². The topological polar surface area (TPSA) is 64.1 Å². The maximum atomic E-state index is 10.0. The molecule has 1 heterocycles. The lowest BCUT2D eigenvalue weighted by atomic mass is 9.97. The van der Waals surface area contributed by atoms with E-state index in [1.54, 1.807) is 10.9 Å². The fourth-order valence-electron chi connectivity index (χ4n) is 1.72. The third-order valence-electron chi connectivity index (χ3n) is 3.02. The SMILES string of the molecule is Cn1nccc1C(O)C1(CN)CC1. The summed E-state index contributed by atoms with van der Waals surface area (Å²) < 4.78 is 1.71. The predicted octanol–water partition coefficient (Wildman–Crippen LogP) is 0.192. The van der Waals surface area contributed by atoms with Gasteiger partial charge in [-0.1, -0.05) is 0 Å². The molecule has 1 fully saturated rings. The van der Waals surface area contributed by atoms with Gasteiger partial charge in [-0.25, -0.2) is 0 Å². The average molecular weight is 181 g/mol. The van der Waals surface area contributed by atoms with Gasteiger partial charge in [-0.15, -0.1) is 0 Å². The molecule has 0 saturated heterocycles. The Hall–Kier alpha value is -0.870. The Morgan fingerprint density at radius 2 is 2.46 bits per heavy atom. The fourth-order valence-corrected chi connectivity index (χ4v) is 1.72. The van der Waals surface area contributed by atoms with Gasteiger partial charge in [0.25, 0.3) is 0 Å². The van der Waals surface area contributed by atoms with Crippen molar-refractivity contribution in [3.05, 3.63) is 18.0 Å². The number of nitrogens with two attached hydrogens (primary N) is 1. The van der Waals surface area contributed by atoms with Gasteiger partial charge >= 0.3 is 0 Å². The predicted molar refractivity (Wildman–Crippen MR) is 48.9 cm³/mol. The summed E-state index contributed by atoms with van der Waals surface area (Å²) in [6, 6.07) is 1.85. The molecule has 4 nitrogen and oxygen atoms in total. The van der Waals surface area contributed by atoms with Crippen LogP contribution in [0, 0.1) is 5.41 Å². The normalized spacial score (nSPS) is 21.5. The highest BCUT2D eigenvalue weighted by atomic mass is 16.3. The van der Waals surface area contributed by atoms with E-state index in [4.69, 9.17) is 5.73 Å². The monoisotopic (exact) mass is 181 g/mol. The molecule has 0 amide bonds. The first-order valence-corrected chi connectivity index (χ1v) is 4.56. The van der Waals surface area contributed by atoms with Crippen LogP contribution in [0.3, 0.4) is 0 Å². The lowest BCUT2D eigenvalue weighted by Gasteiger charge is -2.20. The number of hydrogen-bond donors (Lipinski definition) is 2. The summed E-state index contributed by atoms with van der Waals surface area (Å²) in [6.07, 6.45) is 3.29. The van der Waals surface area contributed by atoms with Gasteiger partial charge in [-0.05, 0) is 18.9 Å². The standard InChI is InChI=1S/C9H15N3O/c1-12-7(2-5-11-12)8(13)9(6-10)3-4-9/h2,5,8,13H,3-4,6,10H2,1H3. The molecule has 72 valence electrons. The molecule has 0 radical (unpaired) electrons. The maximum absolute atomic E-state index is 10.0. The van der Waals surface area contributed by atoms with Gasteiger partial charge in [0.2, 0.25) is 0 Å². The van der Waals surface area contributed by atoms with Crippen molar-refractivity contribution in [2.75, 3.05) is 6.54 Å². The Labute approximate surface area is 77.4 Å². The smallest absolute Gasteiger partial charge is 0.102 e. The van der Waals surface area contributed by atoms with E-state index in [1.165, 1.54) is 0 Å². The number of aliphatic hydroxyl groups excluding tert-OH is 1. The molecule has 1 aromatic rings. The van der Waals surface area contributed by atoms with Crippen LogP contribution in [0.15, 0.2) is 12.3 Å². The molecule has 0 spiro atoms. The van der Waals surface area contributed by atoms with Crippen LogP contribution in [0.25, 0.3) is 0 Å². The highest BCUT2D eigenvalue weighted by Crippen LogP contribution is 2.53. The minimum Gasteiger partial charge on any atom is -0.386 e. The molecule has 1 aliphatic rings. The van der Waals surface area contributed by atoms with Gasteiger partial charge in [-0.2, -0.15) is 5.10 Å². The Morgan fingerprint density at radius 1 is 1.77 bits per heavy atom. The van der Waals surface area contributed by atoms with E-state index < -0.39 is 6.10 Å². The minimum atomic E-state index is -0.454. The molecule has 0 bridgehead atoms. The first kappa shape index (κ1) is 8.72. The number of hydrogen-bond acceptors (Lipinski definition) is 3. The summed E-state index contributed by atoms with van der Waals surface area (Å²) in [6.45, 7) is 0.555. The number of aliphatic hydroxyl groups is 1. The van der Waals surface area contributed by atoms with Gasteiger partial charge in [0, 0.05) is 25.2 Å². The van der Waals surface area contributed by atoms with Crippen LogP contribution >= 0.6 is 0 Å². The molecule has 4 heteroatoms. The second-order valence-electron chi connectivity index (χ2n) is 3.85. The van der Waals surface area contributed by atoms with Crippen LogP contribution in [-0.4, -0.2) is 21.4 Å². The van der Waals surface area contributed by atoms with E-state index in [1.807, 2.05) is 13.1 Å². The van der Waals surface area contributed by atoms with Crippen LogP contribution in [0.5, 0.6) is 0 Å². The van der Waals surface area contributed by atoms with Crippen molar-refractivity contribution in [3.63, 3.8) is 0 Å². The van der Waals surface area contributed by atoms with Crippen LogP contribution < -0.4 is 5.73 Å². The highest BCUT2D eigenvalue weighted by molar-refractivity contribution is 5.13. The highest BCUT2D eigenvalue weighted by Gasteiger charge is 2.49. The summed E-state index contributed by atoms with van der Waals surface area (Å²) in [7, 11) is 1.84. The van der Waals surface area contributed by atoms with Crippen LogP contribution in [-0.2, 0) is 7.05 Å². The van der Waals surface area contributed by atoms with E-state index in [-0.39, 0.29) is 5.41 Å². The molecular weight excluding hydrogens is 166 g/mol. The minimum absolute atomic E-state index is 0.0617.